The maximum absolute atomic E-state index is 10.6. The Kier molecular flexibility index (Phi) is 4.14. The molecule has 0 aliphatic heterocycles. The summed E-state index contributed by atoms with van der Waals surface area (Å²) >= 11 is 0. The third kappa shape index (κ3) is 3.52. The molecule has 4 nitrogen and oxygen atoms in total. The average Bonchev–Trinajstić information content (AvgIpc) is 2.02. The molecule has 0 radical (unpaired) electrons. The van der Waals surface area contributed by atoms with Crippen LogP contribution < -0.4 is 5.48 Å². The SMILES string of the molecule is C/C=C(/C)N=C(C)C(=O)NO. The topological polar surface area (TPSA) is 61.7 Å². The van der Waals surface area contributed by atoms with Gasteiger partial charge in [-0.1, -0.05) is 6.08 Å². The van der Waals surface area contributed by atoms with E-state index in [4.69, 9.17) is 5.21 Å². The molecule has 0 fully saturated rings. The Labute approximate surface area is 65.6 Å². The van der Waals surface area contributed by atoms with Crippen LogP contribution in [0.1, 0.15) is 20.8 Å². The summed E-state index contributed by atoms with van der Waals surface area (Å²) in [5.74, 6) is -0.578. The van der Waals surface area contributed by atoms with Gasteiger partial charge >= 0.3 is 0 Å². The molecule has 0 aromatic carbocycles. The summed E-state index contributed by atoms with van der Waals surface area (Å²) in [4.78, 5) is 14.5. The van der Waals surface area contributed by atoms with Gasteiger partial charge in [0.05, 0.1) is 0 Å². The molecule has 62 valence electrons. The number of amides is 1. The summed E-state index contributed by atoms with van der Waals surface area (Å²) in [5.41, 5.74) is 2.48. The van der Waals surface area contributed by atoms with Gasteiger partial charge in [-0.3, -0.25) is 15.0 Å². The normalized spacial score (nSPS) is 13.1. The van der Waals surface area contributed by atoms with Crippen molar-refractivity contribution in [2.75, 3.05) is 0 Å². The third-order valence-electron chi connectivity index (χ3n) is 1.19. The first kappa shape index (κ1) is 9.84. The highest BCUT2D eigenvalue weighted by molar-refractivity contribution is 6.37. The Bertz CT molecular complexity index is 206. The first-order chi connectivity index (χ1) is 5.11. The number of hydrogen-bond acceptors (Lipinski definition) is 3. The molecule has 1 amide bonds. The zero-order valence-corrected chi connectivity index (χ0v) is 6.88. The lowest BCUT2D eigenvalue weighted by molar-refractivity contribution is -0.122. The van der Waals surface area contributed by atoms with Crippen LogP contribution in [-0.2, 0) is 4.79 Å². The Morgan fingerprint density at radius 1 is 1.55 bits per heavy atom. The van der Waals surface area contributed by atoms with Crippen LogP contribution in [0.25, 0.3) is 0 Å². The van der Waals surface area contributed by atoms with Gasteiger partial charge < -0.3 is 0 Å². The zero-order valence-electron chi connectivity index (χ0n) is 6.88. The monoisotopic (exact) mass is 156 g/mol. The summed E-state index contributed by atoms with van der Waals surface area (Å²) in [6.45, 7) is 5.12. The molecule has 0 saturated carbocycles. The second-order valence-corrected chi connectivity index (χ2v) is 2.07. The summed E-state index contributed by atoms with van der Waals surface area (Å²) in [5, 5.41) is 8.19. The minimum Gasteiger partial charge on any atom is -0.288 e. The van der Waals surface area contributed by atoms with Gasteiger partial charge in [0.25, 0.3) is 5.91 Å². The minimum atomic E-state index is -0.578. The van der Waals surface area contributed by atoms with Crippen LogP contribution in [0.3, 0.4) is 0 Å². The van der Waals surface area contributed by atoms with Crippen LogP contribution >= 0.6 is 0 Å². The van der Waals surface area contributed by atoms with E-state index >= 15 is 0 Å². The number of nitrogens with one attached hydrogen (secondary N) is 1. The molecular formula is C7H12N2O2. The van der Waals surface area contributed by atoms with Gasteiger partial charge in [0.2, 0.25) is 0 Å². The summed E-state index contributed by atoms with van der Waals surface area (Å²) in [7, 11) is 0. The van der Waals surface area contributed by atoms with Crippen molar-refractivity contribution in [3.8, 4) is 0 Å². The Morgan fingerprint density at radius 3 is 2.45 bits per heavy atom. The maximum Gasteiger partial charge on any atom is 0.288 e. The van der Waals surface area contributed by atoms with Gasteiger partial charge in [-0.05, 0) is 20.8 Å². The number of carbonyl (C=O) groups excluding carboxylic acids is 1. The number of rotatable bonds is 2. The first-order valence-electron chi connectivity index (χ1n) is 3.24. The lowest BCUT2D eigenvalue weighted by Crippen LogP contribution is -2.25. The predicted octanol–water partition coefficient (Wildman–Crippen LogP) is 0.876. The van der Waals surface area contributed by atoms with Crippen LogP contribution in [0.5, 0.6) is 0 Å². The number of hydrogen-bond donors (Lipinski definition) is 2. The lowest BCUT2D eigenvalue weighted by atomic mass is 10.4. The van der Waals surface area contributed by atoms with Crippen molar-refractivity contribution in [1.29, 1.82) is 0 Å². The highest BCUT2D eigenvalue weighted by Gasteiger charge is 2.01. The smallest absolute Gasteiger partial charge is 0.288 e. The number of nitrogens with zero attached hydrogens (tertiary/aromatic N) is 1. The number of hydroxylamine groups is 1. The molecule has 0 heterocycles. The quantitative estimate of drug-likeness (QED) is 0.354. The van der Waals surface area contributed by atoms with E-state index < -0.39 is 5.91 Å². The number of aliphatic imine (C=N–C) groups is 1. The van der Waals surface area contributed by atoms with Gasteiger partial charge in [0.15, 0.2) is 0 Å². The second kappa shape index (κ2) is 4.62. The van der Waals surface area contributed by atoms with Gasteiger partial charge in [-0.25, -0.2) is 5.48 Å². The largest absolute Gasteiger partial charge is 0.288 e. The Morgan fingerprint density at radius 2 is 2.09 bits per heavy atom. The van der Waals surface area contributed by atoms with E-state index in [0.29, 0.717) is 0 Å². The van der Waals surface area contributed by atoms with Gasteiger partial charge in [-0.2, -0.15) is 0 Å². The molecule has 11 heavy (non-hydrogen) atoms. The van der Waals surface area contributed by atoms with E-state index in [2.05, 4.69) is 4.99 Å². The molecule has 0 atom stereocenters. The number of allylic oxidation sites excluding steroid dienone is 2. The van der Waals surface area contributed by atoms with Crippen molar-refractivity contribution in [3.63, 3.8) is 0 Å². The molecule has 0 unspecified atom stereocenters. The van der Waals surface area contributed by atoms with Crippen LogP contribution in [0.2, 0.25) is 0 Å². The highest BCUT2D eigenvalue weighted by atomic mass is 16.5. The van der Waals surface area contributed by atoms with Crippen molar-refractivity contribution < 1.29 is 10.0 Å². The van der Waals surface area contributed by atoms with Crippen LogP contribution in [0, 0.1) is 0 Å². The molecule has 0 aliphatic carbocycles. The molecule has 0 aliphatic rings. The lowest BCUT2D eigenvalue weighted by Gasteiger charge is -1.96. The van der Waals surface area contributed by atoms with E-state index in [0.717, 1.165) is 5.70 Å². The molecule has 0 aromatic heterocycles. The van der Waals surface area contributed by atoms with Crippen molar-refractivity contribution in [1.82, 2.24) is 5.48 Å². The van der Waals surface area contributed by atoms with E-state index in [9.17, 15) is 4.79 Å². The summed E-state index contributed by atoms with van der Waals surface area (Å²) < 4.78 is 0. The van der Waals surface area contributed by atoms with Crippen LogP contribution in [-0.4, -0.2) is 16.8 Å². The molecule has 0 spiro atoms. The van der Waals surface area contributed by atoms with E-state index in [1.165, 1.54) is 12.4 Å². The van der Waals surface area contributed by atoms with E-state index in [-0.39, 0.29) is 5.71 Å². The van der Waals surface area contributed by atoms with Crippen LogP contribution in [0.4, 0.5) is 0 Å². The number of carbonyl (C=O) groups is 1. The minimum absolute atomic E-state index is 0.239. The van der Waals surface area contributed by atoms with Crippen molar-refractivity contribution in [2.45, 2.75) is 20.8 Å². The highest BCUT2D eigenvalue weighted by Crippen LogP contribution is 1.94. The average molecular weight is 156 g/mol. The molecule has 0 saturated heterocycles. The summed E-state index contributed by atoms with van der Waals surface area (Å²) in [6, 6.07) is 0. The van der Waals surface area contributed by atoms with Crippen LogP contribution in [0.15, 0.2) is 16.8 Å². The Balaban J connectivity index is 4.34. The zero-order chi connectivity index (χ0) is 8.85. The first-order valence-corrected chi connectivity index (χ1v) is 3.24. The summed E-state index contributed by atoms with van der Waals surface area (Å²) in [6.07, 6.45) is 1.77. The molecule has 2 N–H and O–H groups in total. The fourth-order valence-electron chi connectivity index (χ4n) is 0.461. The van der Waals surface area contributed by atoms with E-state index in [1.807, 2.05) is 6.92 Å². The fraction of sp³-hybridized carbons (Fsp3) is 0.429. The third-order valence-corrected chi connectivity index (χ3v) is 1.19. The van der Waals surface area contributed by atoms with Crippen molar-refractivity contribution in [2.24, 2.45) is 4.99 Å². The predicted molar refractivity (Wildman–Crippen MR) is 42.5 cm³/mol. The standard InChI is InChI=1S/C7H12N2O2/c1-4-5(2)8-6(3)7(10)9-11/h4,11H,1-3H3,(H,9,10)/b5-4-,8-6?. The maximum atomic E-state index is 10.6. The van der Waals surface area contributed by atoms with Crippen molar-refractivity contribution in [3.05, 3.63) is 11.8 Å². The molecular weight excluding hydrogens is 144 g/mol. The van der Waals surface area contributed by atoms with Gasteiger partial charge in [0, 0.05) is 5.70 Å². The molecule has 0 aromatic rings. The van der Waals surface area contributed by atoms with E-state index in [1.54, 1.807) is 13.0 Å². The second-order valence-electron chi connectivity index (χ2n) is 2.07. The molecule has 0 bridgehead atoms. The fourth-order valence-corrected chi connectivity index (χ4v) is 0.461. The van der Waals surface area contributed by atoms with Gasteiger partial charge in [-0.15, -0.1) is 0 Å². The molecule has 0 rings (SSSR count). The van der Waals surface area contributed by atoms with Crippen molar-refractivity contribution >= 4 is 11.6 Å². The van der Waals surface area contributed by atoms with Gasteiger partial charge in [0.1, 0.15) is 5.71 Å². The Hall–Kier alpha value is -1.16. The molecule has 4 heteroatoms.